The minimum Gasteiger partial charge on any atom is -0.481 e. The largest absolute Gasteiger partial charge is 0.481 e. The lowest BCUT2D eigenvalue weighted by atomic mass is 9.80. The lowest BCUT2D eigenvalue weighted by Crippen LogP contribution is -2.52. The number of amides is 1. The zero-order valence-corrected chi connectivity index (χ0v) is 14.9. The number of hydrogen-bond acceptors (Lipinski definition) is 3. The summed E-state index contributed by atoms with van der Waals surface area (Å²) >= 11 is 3.41. The van der Waals surface area contributed by atoms with Gasteiger partial charge in [-0.15, -0.1) is 0 Å². The van der Waals surface area contributed by atoms with E-state index in [1.165, 1.54) is 7.11 Å². The number of nitrogens with zero attached hydrogens (tertiary/aromatic N) is 1. The lowest BCUT2D eigenvalue weighted by Gasteiger charge is -2.39. The molecule has 3 rings (SSSR count). The number of benzene rings is 1. The van der Waals surface area contributed by atoms with Gasteiger partial charge in [0.15, 0.2) is 0 Å². The molecule has 0 spiro atoms. The number of carboxylic acid groups (broad SMARTS) is 1. The summed E-state index contributed by atoms with van der Waals surface area (Å²) in [6.45, 7) is 0.816. The van der Waals surface area contributed by atoms with Gasteiger partial charge in [0, 0.05) is 35.6 Å². The van der Waals surface area contributed by atoms with E-state index in [1.807, 2.05) is 18.2 Å². The van der Waals surface area contributed by atoms with Crippen LogP contribution in [0.25, 0.3) is 10.9 Å². The van der Waals surface area contributed by atoms with Crippen LogP contribution in [0.2, 0.25) is 0 Å². The molecule has 1 aliphatic heterocycles. The molecule has 2 heterocycles. The monoisotopic (exact) mass is 394 g/mol. The van der Waals surface area contributed by atoms with Gasteiger partial charge in [-0.05, 0) is 37.1 Å². The number of aromatic nitrogens is 1. The Balaban J connectivity index is 1.86. The van der Waals surface area contributed by atoms with Crippen LogP contribution in [0, 0.1) is 5.41 Å². The molecule has 1 aliphatic rings. The molecule has 1 amide bonds. The fourth-order valence-electron chi connectivity index (χ4n) is 3.32. The van der Waals surface area contributed by atoms with Crippen molar-refractivity contribution < 1.29 is 19.4 Å². The summed E-state index contributed by atoms with van der Waals surface area (Å²) < 4.78 is 6.05. The minimum atomic E-state index is -1.03. The predicted octanol–water partition coefficient (Wildman–Crippen LogP) is 2.88. The van der Waals surface area contributed by atoms with E-state index in [4.69, 9.17) is 4.74 Å². The van der Waals surface area contributed by atoms with E-state index in [9.17, 15) is 14.7 Å². The Morgan fingerprint density at radius 1 is 1.42 bits per heavy atom. The van der Waals surface area contributed by atoms with Crippen molar-refractivity contribution in [1.82, 2.24) is 9.88 Å². The number of carbonyl (C=O) groups excluding carboxylic acids is 1. The van der Waals surface area contributed by atoms with Crippen LogP contribution < -0.4 is 0 Å². The molecule has 1 aromatic carbocycles. The molecule has 1 aromatic heterocycles. The summed E-state index contributed by atoms with van der Waals surface area (Å²) in [5.41, 5.74) is 0.319. The van der Waals surface area contributed by atoms with Crippen molar-refractivity contribution in [1.29, 1.82) is 0 Å². The van der Waals surface area contributed by atoms with Gasteiger partial charge >= 0.3 is 5.97 Å². The van der Waals surface area contributed by atoms with E-state index in [-0.39, 0.29) is 19.1 Å². The topological polar surface area (TPSA) is 82.6 Å². The molecule has 0 aliphatic carbocycles. The molecule has 1 unspecified atom stereocenters. The molecule has 24 heavy (non-hydrogen) atoms. The van der Waals surface area contributed by atoms with Gasteiger partial charge < -0.3 is 19.7 Å². The van der Waals surface area contributed by atoms with Crippen molar-refractivity contribution in [3.63, 3.8) is 0 Å². The van der Waals surface area contributed by atoms with Gasteiger partial charge in [-0.2, -0.15) is 0 Å². The Morgan fingerprint density at radius 2 is 2.21 bits per heavy atom. The molecule has 2 aromatic rings. The first-order valence-electron chi connectivity index (χ1n) is 7.75. The number of piperidine rings is 1. The molecule has 0 radical (unpaired) electrons. The number of ether oxygens (including phenoxy) is 1. The molecular formula is C17H19BrN2O4. The van der Waals surface area contributed by atoms with Crippen molar-refractivity contribution in [2.75, 3.05) is 26.8 Å². The van der Waals surface area contributed by atoms with Crippen molar-refractivity contribution >= 4 is 38.7 Å². The Hall–Kier alpha value is -1.86. The second-order valence-electron chi connectivity index (χ2n) is 6.26. The quantitative estimate of drug-likeness (QED) is 0.834. The van der Waals surface area contributed by atoms with Gasteiger partial charge in [0.05, 0.1) is 6.61 Å². The molecule has 0 bridgehead atoms. The molecule has 7 heteroatoms. The van der Waals surface area contributed by atoms with Gasteiger partial charge in [-0.1, -0.05) is 15.9 Å². The molecule has 128 valence electrons. The first-order chi connectivity index (χ1) is 11.4. The maximum absolute atomic E-state index is 12.8. The second kappa shape index (κ2) is 6.57. The van der Waals surface area contributed by atoms with E-state index in [0.717, 1.165) is 15.4 Å². The maximum atomic E-state index is 12.8. The number of H-pyrrole nitrogens is 1. The van der Waals surface area contributed by atoms with Crippen molar-refractivity contribution in [2.24, 2.45) is 5.41 Å². The van der Waals surface area contributed by atoms with Crippen LogP contribution in [0.15, 0.2) is 28.7 Å². The van der Waals surface area contributed by atoms with Crippen LogP contribution in [0.1, 0.15) is 23.3 Å². The molecular weight excluding hydrogens is 376 g/mol. The summed E-state index contributed by atoms with van der Waals surface area (Å²) in [6, 6.07) is 7.54. The van der Waals surface area contributed by atoms with Crippen LogP contribution in [-0.4, -0.2) is 53.7 Å². The van der Waals surface area contributed by atoms with E-state index in [0.29, 0.717) is 25.1 Å². The van der Waals surface area contributed by atoms with Gasteiger partial charge in [0.1, 0.15) is 11.1 Å². The number of carboxylic acids is 1. The van der Waals surface area contributed by atoms with Gasteiger partial charge in [-0.3, -0.25) is 9.59 Å². The highest BCUT2D eigenvalue weighted by Crippen LogP contribution is 2.32. The van der Waals surface area contributed by atoms with Gasteiger partial charge in [0.2, 0.25) is 0 Å². The maximum Gasteiger partial charge on any atom is 0.313 e. The Morgan fingerprint density at radius 3 is 2.92 bits per heavy atom. The number of methoxy groups -OCH3 is 1. The van der Waals surface area contributed by atoms with Crippen LogP contribution in [-0.2, 0) is 9.53 Å². The Bertz CT molecular complexity index is 784. The van der Waals surface area contributed by atoms with E-state index >= 15 is 0 Å². The van der Waals surface area contributed by atoms with Crippen molar-refractivity contribution in [3.8, 4) is 0 Å². The number of aromatic amines is 1. The zero-order chi connectivity index (χ0) is 17.3. The highest BCUT2D eigenvalue weighted by Gasteiger charge is 2.44. The summed E-state index contributed by atoms with van der Waals surface area (Å²) in [5.74, 6) is -1.09. The Kier molecular flexibility index (Phi) is 4.64. The lowest BCUT2D eigenvalue weighted by molar-refractivity contribution is -0.155. The third-order valence-electron chi connectivity index (χ3n) is 4.55. The summed E-state index contributed by atoms with van der Waals surface area (Å²) in [5, 5.41) is 10.5. The summed E-state index contributed by atoms with van der Waals surface area (Å²) in [4.78, 5) is 29.3. The van der Waals surface area contributed by atoms with Gasteiger partial charge in [-0.25, -0.2) is 0 Å². The van der Waals surface area contributed by atoms with E-state index in [2.05, 4.69) is 20.9 Å². The highest BCUT2D eigenvalue weighted by atomic mass is 79.9. The third-order valence-corrected chi connectivity index (χ3v) is 5.04. The molecule has 1 fully saturated rings. The smallest absolute Gasteiger partial charge is 0.313 e. The Labute approximate surface area is 147 Å². The fourth-order valence-corrected chi connectivity index (χ4v) is 3.70. The third kappa shape index (κ3) is 3.06. The molecule has 1 saturated heterocycles. The molecule has 0 saturated carbocycles. The number of carbonyl (C=O) groups is 2. The first kappa shape index (κ1) is 17.0. The second-order valence-corrected chi connectivity index (χ2v) is 7.18. The number of nitrogens with one attached hydrogen (secondary N) is 1. The number of hydrogen-bond donors (Lipinski definition) is 2. The highest BCUT2D eigenvalue weighted by molar-refractivity contribution is 9.10. The molecule has 6 nitrogen and oxygen atoms in total. The number of aliphatic carboxylic acids is 1. The number of rotatable bonds is 4. The van der Waals surface area contributed by atoms with Crippen molar-refractivity contribution in [2.45, 2.75) is 12.8 Å². The van der Waals surface area contributed by atoms with E-state index < -0.39 is 11.4 Å². The van der Waals surface area contributed by atoms with Crippen LogP contribution in [0.5, 0.6) is 0 Å². The molecule has 1 atom stereocenters. The fraction of sp³-hybridized carbons (Fsp3) is 0.412. The number of halogens is 1. The standard InChI is InChI=1S/C17H19BrN2O4/c1-24-10-17(16(22)23)5-2-6-20(9-17)15(21)14-8-11-7-12(18)3-4-13(11)19-14/h3-4,7-8,19H,2,5-6,9-10H2,1H3,(H,22,23). The average molecular weight is 395 g/mol. The SMILES string of the molecule is COCC1(C(=O)O)CCCN(C(=O)c2cc3cc(Br)ccc3[nH]2)C1. The summed E-state index contributed by atoms with van der Waals surface area (Å²) in [6.07, 6.45) is 1.16. The van der Waals surface area contributed by atoms with Gasteiger partial charge in [0.25, 0.3) is 5.91 Å². The van der Waals surface area contributed by atoms with Crippen LogP contribution >= 0.6 is 15.9 Å². The van der Waals surface area contributed by atoms with Crippen molar-refractivity contribution in [3.05, 3.63) is 34.4 Å². The zero-order valence-electron chi connectivity index (χ0n) is 13.3. The van der Waals surface area contributed by atoms with Crippen LogP contribution in [0.4, 0.5) is 0 Å². The average Bonchev–Trinajstić information content (AvgIpc) is 2.97. The molecule has 2 N–H and O–H groups in total. The van der Waals surface area contributed by atoms with E-state index in [1.54, 1.807) is 11.0 Å². The normalized spacial score (nSPS) is 21.2. The van der Waals surface area contributed by atoms with Crippen LogP contribution in [0.3, 0.4) is 0 Å². The summed E-state index contributed by atoms with van der Waals surface area (Å²) in [7, 11) is 1.49. The minimum absolute atomic E-state index is 0.103. The number of likely N-dealkylation sites (tertiary alicyclic amines) is 1. The predicted molar refractivity (Wildman–Crippen MR) is 93.1 cm³/mol. The number of fused-ring (bicyclic) bond motifs is 1. The first-order valence-corrected chi connectivity index (χ1v) is 8.54.